The third-order valence-corrected chi connectivity index (χ3v) is 4.14. The third kappa shape index (κ3) is 6.96. The van der Waals surface area contributed by atoms with Gasteiger partial charge < -0.3 is 10.4 Å². The predicted octanol–water partition coefficient (Wildman–Crippen LogP) is 2.75. The van der Waals surface area contributed by atoms with Crippen LogP contribution in [0, 0.1) is 12.3 Å². The van der Waals surface area contributed by atoms with Crippen molar-refractivity contribution in [3.8, 4) is 0 Å². The molecule has 1 amide bonds. The molecule has 0 atom stereocenters. The monoisotopic (exact) mass is 295 g/mol. The Kier molecular flexibility index (Phi) is 7.10. The fourth-order valence-electron chi connectivity index (χ4n) is 1.84. The van der Waals surface area contributed by atoms with E-state index >= 15 is 0 Å². The molecular weight excluding hydrogens is 270 g/mol. The van der Waals surface area contributed by atoms with Crippen LogP contribution >= 0.6 is 11.8 Å². The second-order valence-corrected chi connectivity index (χ2v) is 6.88. The van der Waals surface area contributed by atoms with Gasteiger partial charge in [0, 0.05) is 18.9 Å². The first kappa shape index (κ1) is 17.1. The van der Waals surface area contributed by atoms with Crippen molar-refractivity contribution in [3.63, 3.8) is 0 Å². The molecule has 3 nitrogen and oxygen atoms in total. The molecule has 0 bridgehead atoms. The van der Waals surface area contributed by atoms with Gasteiger partial charge in [0.05, 0.1) is 5.75 Å². The first-order chi connectivity index (χ1) is 9.43. The Hall–Kier alpha value is -1.00. The van der Waals surface area contributed by atoms with Crippen molar-refractivity contribution in [3.05, 3.63) is 35.4 Å². The standard InChI is InChI=1S/C16H25NO2S/c1-13-5-4-6-14(9-13)10-20-11-15(19)17-12-16(2,3)7-8-18/h4-6,9,18H,7-8,10-12H2,1-3H3,(H,17,19). The number of hydrogen-bond donors (Lipinski definition) is 2. The predicted molar refractivity (Wildman–Crippen MR) is 85.8 cm³/mol. The molecule has 0 unspecified atom stereocenters. The van der Waals surface area contributed by atoms with E-state index in [1.807, 2.05) is 19.9 Å². The second-order valence-electron chi connectivity index (χ2n) is 5.90. The Balaban J connectivity index is 2.23. The van der Waals surface area contributed by atoms with Gasteiger partial charge in [-0.2, -0.15) is 0 Å². The van der Waals surface area contributed by atoms with Crippen LogP contribution in [0.2, 0.25) is 0 Å². The van der Waals surface area contributed by atoms with E-state index in [4.69, 9.17) is 5.11 Å². The molecular formula is C16H25NO2S. The summed E-state index contributed by atoms with van der Waals surface area (Å²) < 4.78 is 0. The molecule has 1 rings (SSSR count). The van der Waals surface area contributed by atoms with Crippen LogP contribution in [0.1, 0.15) is 31.4 Å². The number of amides is 1. The summed E-state index contributed by atoms with van der Waals surface area (Å²) in [6.45, 7) is 6.93. The van der Waals surface area contributed by atoms with Crippen molar-refractivity contribution in [2.24, 2.45) is 5.41 Å². The number of thioether (sulfide) groups is 1. The molecule has 0 saturated carbocycles. The van der Waals surface area contributed by atoms with Gasteiger partial charge >= 0.3 is 0 Å². The number of carbonyl (C=O) groups is 1. The number of rotatable bonds is 8. The highest BCUT2D eigenvalue weighted by atomic mass is 32.2. The number of aliphatic hydroxyl groups is 1. The maximum atomic E-state index is 11.8. The van der Waals surface area contributed by atoms with Crippen LogP contribution in [0.25, 0.3) is 0 Å². The minimum absolute atomic E-state index is 0.0500. The Labute approximate surface area is 126 Å². The highest BCUT2D eigenvalue weighted by Gasteiger charge is 2.17. The first-order valence-corrected chi connectivity index (χ1v) is 8.09. The fourth-order valence-corrected chi connectivity index (χ4v) is 2.65. The summed E-state index contributed by atoms with van der Waals surface area (Å²) >= 11 is 1.63. The van der Waals surface area contributed by atoms with Gasteiger partial charge in [-0.05, 0) is 24.3 Å². The molecule has 0 aliphatic carbocycles. The number of carbonyl (C=O) groups excluding carboxylic acids is 1. The lowest BCUT2D eigenvalue weighted by Crippen LogP contribution is -2.35. The lowest BCUT2D eigenvalue weighted by atomic mass is 9.90. The second kappa shape index (κ2) is 8.32. The lowest BCUT2D eigenvalue weighted by molar-refractivity contribution is -0.119. The average Bonchev–Trinajstić information content (AvgIpc) is 2.37. The SMILES string of the molecule is Cc1cccc(CSCC(=O)NCC(C)(C)CCO)c1. The minimum Gasteiger partial charge on any atom is -0.396 e. The summed E-state index contributed by atoms with van der Waals surface area (Å²) in [6, 6.07) is 8.35. The lowest BCUT2D eigenvalue weighted by Gasteiger charge is -2.23. The van der Waals surface area contributed by atoms with E-state index in [0.717, 1.165) is 5.75 Å². The number of benzene rings is 1. The van der Waals surface area contributed by atoms with Gasteiger partial charge in [0.25, 0.3) is 0 Å². The van der Waals surface area contributed by atoms with Crippen LogP contribution in [0.4, 0.5) is 0 Å². The molecule has 4 heteroatoms. The van der Waals surface area contributed by atoms with Gasteiger partial charge in [0.2, 0.25) is 5.91 Å². The zero-order chi connectivity index (χ0) is 15.0. The summed E-state index contributed by atoms with van der Waals surface area (Å²) in [7, 11) is 0. The van der Waals surface area contributed by atoms with Crippen LogP contribution in [0.15, 0.2) is 24.3 Å². The molecule has 1 aromatic rings. The van der Waals surface area contributed by atoms with Gasteiger partial charge in [-0.15, -0.1) is 11.8 Å². The van der Waals surface area contributed by atoms with Crippen LogP contribution in [-0.4, -0.2) is 29.9 Å². The summed E-state index contributed by atoms with van der Waals surface area (Å²) in [5, 5.41) is 11.9. The van der Waals surface area contributed by atoms with Gasteiger partial charge in [-0.3, -0.25) is 4.79 Å². The number of nitrogens with one attached hydrogen (secondary N) is 1. The van der Waals surface area contributed by atoms with Gasteiger partial charge in [0.15, 0.2) is 0 Å². The zero-order valence-electron chi connectivity index (χ0n) is 12.6. The Bertz CT molecular complexity index is 432. The molecule has 0 radical (unpaired) electrons. The highest BCUT2D eigenvalue weighted by molar-refractivity contribution is 7.99. The average molecular weight is 295 g/mol. The molecule has 0 heterocycles. The summed E-state index contributed by atoms with van der Waals surface area (Å²) in [5.74, 6) is 1.40. The Morgan fingerprint density at radius 1 is 1.40 bits per heavy atom. The highest BCUT2D eigenvalue weighted by Crippen LogP contribution is 2.18. The smallest absolute Gasteiger partial charge is 0.230 e. The topological polar surface area (TPSA) is 49.3 Å². The van der Waals surface area contributed by atoms with Crippen molar-refractivity contribution in [1.29, 1.82) is 0 Å². The molecule has 0 saturated heterocycles. The molecule has 1 aromatic carbocycles. The first-order valence-electron chi connectivity index (χ1n) is 6.94. The molecule has 0 aromatic heterocycles. The fraction of sp³-hybridized carbons (Fsp3) is 0.562. The van der Waals surface area contributed by atoms with Gasteiger partial charge in [-0.1, -0.05) is 43.7 Å². The van der Waals surface area contributed by atoms with Crippen LogP contribution < -0.4 is 5.32 Å². The minimum atomic E-state index is -0.0500. The quantitative estimate of drug-likeness (QED) is 0.775. The molecule has 2 N–H and O–H groups in total. The molecule has 20 heavy (non-hydrogen) atoms. The van der Waals surface area contributed by atoms with E-state index in [0.29, 0.717) is 18.7 Å². The van der Waals surface area contributed by atoms with Crippen LogP contribution in [0.5, 0.6) is 0 Å². The van der Waals surface area contributed by atoms with E-state index in [1.165, 1.54) is 11.1 Å². The summed E-state index contributed by atoms with van der Waals surface area (Å²) in [6.07, 6.45) is 0.698. The van der Waals surface area contributed by atoms with Gasteiger partial charge in [-0.25, -0.2) is 0 Å². The van der Waals surface area contributed by atoms with Crippen molar-refractivity contribution in [1.82, 2.24) is 5.32 Å². The van der Waals surface area contributed by atoms with E-state index < -0.39 is 0 Å². The normalized spacial score (nSPS) is 11.4. The van der Waals surface area contributed by atoms with E-state index in [2.05, 4.69) is 30.4 Å². The Morgan fingerprint density at radius 3 is 2.80 bits per heavy atom. The third-order valence-electron chi connectivity index (χ3n) is 3.14. The Morgan fingerprint density at radius 2 is 2.15 bits per heavy atom. The summed E-state index contributed by atoms with van der Waals surface area (Å²) in [4.78, 5) is 11.8. The van der Waals surface area contributed by atoms with Crippen molar-refractivity contribution in [2.75, 3.05) is 18.9 Å². The molecule has 0 aliphatic rings. The van der Waals surface area contributed by atoms with E-state index in [-0.39, 0.29) is 17.9 Å². The largest absolute Gasteiger partial charge is 0.396 e. The maximum Gasteiger partial charge on any atom is 0.230 e. The summed E-state index contributed by atoms with van der Waals surface area (Å²) in [5.41, 5.74) is 2.45. The van der Waals surface area contributed by atoms with E-state index in [9.17, 15) is 4.79 Å². The van der Waals surface area contributed by atoms with Crippen molar-refractivity contribution in [2.45, 2.75) is 32.9 Å². The van der Waals surface area contributed by atoms with Crippen molar-refractivity contribution < 1.29 is 9.90 Å². The molecule has 0 spiro atoms. The zero-order valence-corrected chi connectivity index (χ0v) is 13.4. The molecule has 0 aliphatic heterocycles. The van der Waals surface area contributed by atoms with E-state index in [1.54, 1.807) is 11.8 Å². The molecule has 112 valence electrons. The number of aliphatic hydroxyl groups excluding tert-OH is 1. The number of hydrogen-bond acceptors (Lipinski definition) is 3. The van der Waals surface area contributed by atoms with Gasteiger partial charge in [0.1, 0.15) is 0 Å². The maximum absolute atomic E-state index is 11.8. The number of aryl methyl sites for hydroxylation is 1. The van der Waals surface area contributed by atoms with Crippen LogP contribution in [-0.2, 0) is 10.5 Å². The molecule has 0 fully saturated rings. The van der Waals surface area contributed by atoms with Crippen LogP contribution in [0.3, 0.4) is 0 Å². The van der Waals surface area contributed by atoms with Crippen molar-refractivity contribution >= 4 is 17.7 Å².